The fourth-order valence-corrected chi connectivity index (χ4v) is 5.86. The van der Waals surface area contributed by atoms with Gasteiger partial charge in [-0.1, -0.05) is 6.92 Å². The van der Waals surface area contributed by atoms with E-state index < -0.39 is 9.84 Å². The van der Waals surface area contributed by atoms with Crippen molar-refractivity contribution in [3.05, 3.63) is 18.2 Å². The van der Waals surface area contributed by atoms with Crippen LogP contribution < -0.4 is 0 Å². The molecular weight excluding hydrogens is 300 g/mol. The largest absolute Gasteiger partial charge is 0.334 e. The molecule has 0 spiro atoms. The van der Waals surface area contributed by atoms with Crippen molar-refractivity contribution in [1.29, 1.82) is 0 Å². The lowest BCUT2D eigenvalue weighted by atomic mass is 10.0. The van der Waals surface area contributed by atoms with Crippen LogP contribution in [-0.4, -0.2) is 71.0 Å². The molecule has 2 fully saturated rings. The monoisotopic (exact) mass is 326 g/mol. The van der Waals surface area contributed by atoms with Crippen LogP contribution in [0, 0.1) is 0 Å². The first-order valence-electron chi connectivity index (χ1n) is 8.22. The third-order valence-electron chi connectivity index (χ3n) is 4.90. The van der Waals surface area contributed by atoms with Crippen molar-refractivity contribution in [3.63, 3.8) is 0 Å². The first-order chi connectivity index (χ1) is 10.5. The highest BCUT2D eigenvalue weighted by molar-refractivity contribution is 7.91. The first-order valence-corrected chi connectivity index (χ1v) is 10.0. The Labute approximate surface area is 133 Å². The molecule has 0 aromatic carbocycles. The van der Waals surface area contributed by atoms with Gasteiger partial charge in [-0.2, -0.15) is 0 Å². The first kappa shape index (κ1) is 16.0. The van der Waals surface area contributed by atoms with Crippen molar-refractivity contribution in [2.45, 2.75) is 45.4 Å². The number of fused-ring (bicyclic) bond motifs is 1. The van der Waals surface area contributed by atoms with Gasteiger partial charge in [-0.3, -0.25) is 9.80 Å². The molecule has 0 aliphatic carbocycles. The van der Waals surface area contributed by atoms with Crippen LogP contribution in [0.5, 0.6) is 0 Å². The second-order valence-electron chi connectivity index (χ2n) is 6.35. The van der Waals surface area contributed by atoms with Gasteiger partial charge in [0.1, 0.15) is 5.82 Å². The number of rotatable bonds is 5. The Hall–Kier alpha value is -0.920. The summed E-state index contributed by atoms with van der Waals surface area (Å²) in [6, 6.07) is 0.274. The van der Waals surface area contributed by atoms with E-state index in [2.05, 4.69) is 33.2 Å². The summed E-state index contributed by atoms with van der Waals surface area (Å²) < 4.78 is 26.4. The molecule has 3 heterocycles. The SMILES string of the molecule is CCCN1CCN(Cc2nccn2CC)C2CS(=O)(=O)CC21. The molecule has 2 aliphatic heterocycles. The maximum atomic E-state index is 12.1. The van der Waals surface area contributed by atoms with Crippen LogP contribution in [0.15, 0.2) is 12.4 Å². The molecule has 3 rings (SSSR count). The van der Waals surface area contributed by atoms with Crippen LogP contribution in [0.3, 0.4) is 0 Å². The van der Waals surface area contributed by atoms with Crippen LogP contribution >= 0.6 is 0 Å². The van der Waals surface area contributed by atoms with Crippen molar-refractivity contribution in [1.82, 2.24) is 19.4 Å². The van der Waals surface area contributed by atoms with Crippen LogP contribution in [0.2, 0.25) is 0 Å². The zero-order valence-electron chi connectivity index (χ0n) is 13.5. The summed E-state index contributed by atoms with van der Waals surface area (Å²) in [4.78, 5) is 9.15. The molecule has 2 atom stereocenters. The fourth-order valence-electron chi connectivity index (χ4n) is 3.82. The number of imidazole rings is 1. The molecule has 0 bridgehead atoms. The second kappa shape index (κ2) is 6.29. The molecule has 22 heavy (non-hydrogen) atoms. The van der Waals surface area contributed by atoms with E-state index in [-0.39, 0.29) is 12.1 Å². The summed E-state index contributed by atoms with van der Waals surface area (Å²) in [5.41, 5.74) is 0. The molecule has 0 saturated carbocycles. The maximum absolute atomic E-state index is 12.1. The van der Waals surface area contributed by atoms with Crippen molar-refractivity contribution >= 4 is 9.84 Å². The Morgan fingerprint density at radius 3 is 2.55 bits per heavy atom. The van der Waals surface area contributed by atoms with Crippen LogP contribution in [0.4, 0.5) is 0 Å². The van der Waals surface area contributed by atoms with Gasteiger partial charge in [0.15, 0.2) is 9.84 Å². The van der Waals surface area contributed by atoms with E-state index >= 15 is 0 Å². The Kier molecular flexibility index (Phi) is 4.56. The zero-order chi connectivity index (χ0) is 15.7. The lowest BCUT2D eigenvalue weighted by Gasteiger charge is -2.43. The van der Waals surface area contributed by atoms with Crippen molar-refractivity contribution in [2.75, 3.05) is 31.1 Å². The summed E-state index contributed by atoms with van der Waals surface area (Å²) in [6.07, 6.45) is 4.89. The van der Waals surface area contributed by atoms with E-state index in [4.69, 9.17) is 0 Å². The molecule has 6 nitrogen and oxygen atoms in total. The predicted octanol–water partition coefficient (Wildman–Crippen LogP) is 0.596. The minimum Gasteiger partial charge on any atom is -0.334 e. The average molecular weight is 326 g/mol. The average Bonchev–Trinajstić information content (AvgIpc) is 3.04. The third kappa shape index (κ3) is 3.07. The standard InChI is InChI=1S/C15H26N4O2S/c1-3-6-18-8-9-19(10-15-16-5-7-17(15)4-2)14-12-22(20,21)11-13(14)18/h5,7,13-14H,3-4,6,8-12H2,1-2H3. The number of aryl methyl sites for hydroxylation is 1. The van der Waals surface area contributed by atoms with Crippen LogP contribution in [0.1, 0.15) is 26.1 Å². The highest BCUT2D eigenvalue weighted by atomic mass is 32.2. The Balaban J connectivity index is 1.79. The summed E-state index contributed by atoms with van der Waals surface area (Å²) >= 11 is 0. The van der Waals surface area contributed by atoms with Gasteiger partial charge >= 0.3 is 0 Å². The van der Waals surface area contributed by atoms with E-state index in [0.717, 1.165) is 45.0 Å². The van der Waals surface area contributed by atoms with E-state index in [1.54, 1.807) is 0 Å². The Bertz CT molecular complexity index is 613. The Morgan fingerprint density at radius 2 is 1.86 bits per heavy atom. The molecule has 0 amide bonds. The normalized spacial score (nSPS) is 28.8. The summed E-state index contributed by atoms with van der Waals surface area (Å²) in [6.45, 7) is 8.78. The van der Waals surface area contributed by atoms with Crippen LogP contribution in [-0.2, 0) is 22.9 Å². The second-order valence-corrected chi connectivity index (χ2v) is 8.50. The molecule has 2 saturated heterocycles. The van der Waals surface area contributed by atoms with E-state index in [0.29, 0.717) is 11.5 Å². The van der Waals surface area contributed by atoms with Gasteiger partial charge in [-0.25, -0.2) is 13.4 Å². The molecule has 0 N–H and O–H groups in total. The minimum absolute atomic E-state index is 0.118. The minimum atomic E-state index is -2.92. The van der Waals surface area contributed by atoms with Crippen molar-refractivity contribution in [2.24, 2.45) is 0 Å². The van der Waals surface area contributed by atoms with Gasteiger partial charge < -0.3 is 4.57 Å². The summed E-state index contributed by atoms with van der Waals surface area (Å²) in [5.74, 6) is 1.65. The Morgan fingerprint density at radius 1 is 1.18 bits per heavy atom. The van der Waals surface area contributed by atoms with Crippen molar-refractivity contribution in [3.8, 4) is 0 Å². The summed E-state index contributed by atoms with van der Waals surface area (Å²) in [7, 11) is -2.92. The van der Waals surface area contributed by atoms with Gasteiger partial charge in [0.2, 0.25) is 0 Å². The lowest BCUT2D eigenvalue weighted by molar-refractivity contribution is 0.0384. The topological polar surface area (TPSA) is 58.4 Å². The molecule has 7 heteroatoms. The number of hydrogen-bond acceptors (Lipinski definition) is 5. The molecular formula is C15H26N4O2S. The van der Waals surface area contributed by atoms with E-state index in [1.807, 2.05) is 12.4 Å². The number of sulfone groups is 1. The molecule has 2 unspecified atom stereocenters. The van der Waals surface area contributed by atoms with Crippen molar-refractivity contribution < 1.29 is 8.42 Å². The third-order valence-corrected chi connectivity index (χ3v) is 6.60. The highest BCUT2D eigenvalue weighted by Crippen LogP contribution is 2.28. The molecule has 2 aliphatic rings. The highest BCUT2D eigenvalue weighted by Gasteiger charge is 2.46. The van der Waals surface area contributed by atoms with Gasteiger partial charge in [0, 0.05) is 44.1 Å². The smallest absolute Gasteiger partial charge is 0.153 e. The van der Waals surface area contributed by atoms with Gasteiger partial charge in [-0.05, 0) is 19.9 Å². The van der Waals surface area contributed by atoms with Crippen LogP contribution in [0.25, 0.3) is 0 Å². The number of aromatic nitrogens is 2. The van der Waals surface area contributed by atoms with Gasteiger partial charge in [-0.15, -0.1) is 0 Å². The molecule has 124 valence electrons. The van der Waals surface area contributed by atoms with Gasteiger partial charge in [0.25, 0.3) is 0 Å². The van der Waals surface area contributed by atoms with Gasteiger partial charge in [0.05, 0.1) is 18.1 Å². The maximum Gasteiger partial charge on any atom is 0.153 e. The molecule has 1 aromatic heterocycles. The zero-order valence-corrected chi connectivity index (χ0v) is 14.3. The fraction of sp³-hybridized carbons (Fsp3) is 0.800. The lowest BCUT2D eigenvalue weighted by Crippen LogP contribution is -2.58. The quantitative estimate of drug-likeness (QED) is 0.793. The molecule has 1 aromatic rings. The number of hydrogen-bond donors (Lipinski definition) is 0. The number of piperazine rings is 1. The van der Waals surface area contributed by atoms with E-state index in [1.165, 1.54) is 0 Å². The van der Waals surface area contributed by atoms with E-state index in [9.17, 15) is 8.42 Å². The molecule has 0 radical (unpaired) electrons. The number of nitrogens with zero attached hydrogens (tertiary/aromatic N) is 4. The summed E-state index contributed by atoms with van der Waals surface area (Å²) in [5, 5.41) is 0. The predicted molar refractivity (Wildman–Crippen MR) is 86.4 cm³/mol.